The zero-order valence-corrected chi connectivity index (χ0v) is 22.4. The average molecular weight is 496 g/mol. The molecule has 0 spiro atoms. The highest BCUT2D eigenvalue weighted by molar-refractivity contribution is 8.04. The van der Waals surface area contributed by atoms with E-state index in [4.69, 9.17) is 14.9 Å². The highest BCUT2D eigenvalue weighted by Crippen LogP contribution is 2.52. The minimum absolute atomic E-state index is 0.0269. The Bertz CT molecular complexity index is 869. The van der Waals surface area contributed by atoms with Crippen LogP contribution in [0.4, 0.5) is 0 Å². The van der Waals surface area contributed by atoms with Crippen LogP contribution in [0.15, 0.2) is 23.3 Å². The Morgan fingerprint density at radius 1 is 1.36 bits per heavy atom. The molecule has 0 aromatic rings. The molecule has 8 nitrogen and oxygen atoms in total. The zero-order chi connectivity index (χ0) is 24.7. The predicted molar refractivity (Wildman–Crippen MR) is 131 cm³/mol. The van der Waals surface area contributed by atoms with Gasteiger partial charge in [-0.3, -0.25) is 19.4 Å². The lowest BCUT2D eigenvalue weighted by atomic mass is 9.92. The van der Waals surface area contributed by atoms with E-state index < -0.39 is 14.3 Å². The highest BCUT2D eigenvalue weighted by Gasteiger charge is 2.59. The maximum Gasteiger partial charge on any atom is 0.356 e. The Labute approximate surface area is 202 Å². The van der Waals surface area contributed by atoms with Gasteiger partial charge in [0.2, 0.25) is 11.8 Å². The van der Waals surface area contributed by atoms with Gasteiger partial charge in [0.1, 0.15) is 17.7 Å². The molecule has 0 unspecified atom stereocenters. The number of ether oxygens (including phenoxy) is 1. The molecular formula is C23H37N3O5SSi. The molecule has 33 heavy (non-hydrogen) atoms. The molecule has 4 atom stereocenters. The van der Waals surface area contributed by atoms with Gasteiger partial charge in [-0.25, -0.2) is 4.79 Å². The molecule has 0 saturated carbocycles. The van der Waals surface area contributed by atoms with E-state index in [2.05, 4.69) is 40.4 Å². The summed E-state index contributed by atoms with van der Waals surface area (Å²) in [6.45, 7) is 17.6. The Hall–Kier alpha value is -1.62. The molecule has 2 fully saturated rings. The number of amides is 2. The molecule has 0 aliphatic carbocycles. The number of carbonyl (C=O) groups excluding carboxylic acids is 3. The fourth-order valence-electron chi connectivity index (χ4n) is 4.38. The fourth-order valence-corrected chi connectivity index (χ4v) is 7.44. The van der Waals surface area contributed by atoms with E-state index in [0.29, 0.717) is 13.0 Å². The molecule has 2 saturated heterocycles. The SMILES string of the molecule is C=CCOC(=O)C1=C(CN2CCC[C@H]2C(N)=O)S[C@@H]2[C@@H]([C@@H](C)O[Si](C)(C)C(C)(C)C)C(=O)N12. The maximum atomic E-state index is 13.3. The zero-order valence-electron chi connectivity index (χ0n) is 20.6. The second-order valence-corrected chi connectivity index (χ2v) is 16.5. The van der Waals surface area contributed by atoms with Crippen LogP contribution >= 0.6 is 11.8 Å². The number of carbonyl (C=O) groups is 3. The molecule has 3 aliphatic heterocycles. The summed E-state index contributed by atoms with van der Waals surface area (Å²) in [6.07, 6.45) is 2.81. The first-order valence-electron chi connectivity index (χ1n) is 11.5. The smallest absolute Gasteiger partial charge is 0.356 e. The second-order valence-electron chi connectivity index (χ2n) is 10.5. The summed E-state index contributed by atoms with van der Waals surface area (Å²) in [5, 5.41) is -0.188. The number of primary amides is 1. The van der Waals surface area contributed by atoms with Gasteiger partial charge in [-0.1, -0.05) is 33.4 Å². The summed E-state index contributed by atoms with van der Waals surface area (Å²) in [5.41, 5.74) is 5.86. The summed E-state index contributed by atoms with van der Waals surface area (Å²) in [5.74, 6) is -1.36. The van der Waals surface area contributed by atoms with Gasteiger partial charge < -0.3 is 14.9 Å². The van der Waals surface area contributed by atoms with Gasteiger partial charge in [0, 0.05) is 11.4 Å². The van der Waals surface area contributed by atoms with E-state index in [9.17, 15) is 14.4 Å². The lowest BCUT2D eigenvalue weighted by molar-refractivity contribution is -0.157. The van der Waals surface area contributed by atoms with Crippen LogP contribution in [0.3, 0.4) is 0 Å². The normalized spacial score (nSPS) is 26.8. The number of thioether (sulfide) groups is 1. The molecule has 3 aliphatic rings. The second kappa shape index (κ2) is 9.56. The topological polar surface area (TPSA) is 102 Å². The van der Waals surface area contributed by atoms with Crippen molar-refractivity contribution < 1.29 is 23.5 Å². The van der Waals surface area contributed by atoms with Crippen LogP contribution in [0, 0.1) is 5.92 Å². The van der Waals surface area contributed by atoms with Crippen LogP contribution in [0.1, 0.15) is 40.5 Å². The predicted octanol–water partition coefficient (Wildman–Crippen LogP) is 2.82. The molecule has 0 bridgehead atoms. The van der Waals surface area contributed by atoms with Crippen LogP contribution in [0.5, 0.6) is 0 Å². The van der Waals surface area contributed by atoms with Gasteiger partial charge in [0.05, 0.1) is 18.1 Å². The van der Waals surface area contributed by atoms with E-state index in [1.807, 2.05) is 11.8 Å². The van der Waals surface area contributed by atoms with Gasteiger partial charge in [0.15, 0.2) is 8.32 Å². The average Bonchev–Trinajstić information content (AvgIpc) is 3.28. The number of likely N-dealkylation sites (tertiary alicyclic amines) is 1. The molecular weight excluding hydrogens is 458 g/mol. The number of β-lactam (4-membered cyclic amide) rings is 1. The van der Waals surface area contributed by atoms with Crippen LogP contribution in [0.25, 0.3) is 0 Å². The molecule has 3 heterocycles. The van der Waals surface area contributed by atoms with E-state index in [-0.39, 0.29) is 52.6 Å². The van der Waals surface area contributed by atoms with E-state index >= 15 is 0 Å². The summed E-state index contributed by atoms with van der Waals surface area (Å²) in [7, 11) is -2.07. The summed E-state index contributed by atoms with van der Waals surface area (Å²) in [6, 6.07) is -0.357. The van der Waals surface area contributed by atoms with E-state index in [0.717, 1.165) is 17.9 Å². The molecule has 0 radical (unpaired) electrons. The van der Waals surface area contributed by atoms with Gasteiger partial charge in [-0.15, -0.1) is 11.8 Å². The Morgan fingerprint density at radius 3 is 2.61 bits per heavy atom. The quantitative estimate of drug-likeness (QED) is 0.227. The molecule has 184 valence electrons. The minimum Gasteiger partial charge on any atom is -0.457 e. The van der Waals surface area contributed by atoms with Gasteiger partial charge in [0.25, 0.3) is 0 Å². The van der Waals surface area contributed by atoms with Crippen molar-refractivity contribution >= 4 is 37.9 Å². The number of hydrogen-bond acceptors (Lipinski definition) is 7. The largest absolute Gasteiger partial charge is 0.457 e. The van der Waals surface area contributed by atoms with Crippen molar-refractivity contribution in [2.75, 3.05) is 19.7 Å². The van der Waals surface area contributed by atoms with Crippen molar-refractivity contribution in [1.29, 1.82) is 0 Å². The molecule has 0 aromatic carbocycles. The highest BCUT2D eigenvalue weighted by atomic mass is 32.2. The molecule has 10 heteroatoms. The van der Waals surface area contributed by atoms with Gasteiger partial charge in [-0.05, 0) is 44.4 Å². The summed E-state index contributed by atoms with van der Waals surface area (Å²) in [4.78, 5) is 42.3. The summed E-state index contributed by atoms with van der Waals surface area (Å²) < 4.78 is 11.8. The van der Waals surface area contributed by atoms with E-state index in [1.165, 1.54) is 17.8 Å². The van der Waals surface area contributed by atoms with Crippen LogP contribution < -0.4 is 5.73 Å². The number of fused-ring (bicyclic) bond motifs is 1. The maximum absolute atomic E-state index is 13.3. The molecule has 3 rings (SSSR count). The summed E-state index contributed by atoms with van der Waals surface area (Å²) >= 11 is 1.50. The third-order valence-corrected chi connectivity index (χ3v) is 13.1. The number of nitrogens with zero attached hydrogens (tertiary/aromatic N) is 2. The molecule has 2 N–H and O–H groups in total. The Morgan fingerprint density at radius 2 is 2.03 bits per heavy atom. The Balaban J connectivity index is 1.82. The van der Waals surface area contributed by atoms with Crippen molar-refractivity contribution in [3.05, 3.63) is 23.3 Å². The van der Waals surface area contributed by atoms with Crippen molar-refractivity contribution in [1.82, 2.24) is 9.80 Å². The van der Waals surface area contributed by atoms with Crippen molar-refractivity contribution in [3.63, 3.8) is 0 Å². The van der Waals surface area contributed by atoms with Crippen molar-refractivity contribution in [2.45, 2.75) is 76.2 Å². The number of rotatable bonds is 9. The third-order valence-electron chi connectivity index (χ3n) is 7.21. The number of esters is 1. The van der Waals surface area contributed by atoms with Crippen LogP contribution in [-0.2, 0) is 23.5 Å². The third kappa shape index (κ3) is 4.94. The van der Waals surface area contributed by atoms with Crippen molar-refractivity contribution in [3.8, 4) is 0 Å². The number of hydrogen-bond donors (Lipinski definition) is 1. The van der Waals surface area contributed by atoms with Gasteiger partial charge in [-0.2, -0.15) is 0 Å². The van der Waals surface area contributed by atoms with Crippen molar-refractivity contribution in [2.24, 2.45) is 11.7 Å². The number of nitrogens with two attached hydrogens (primary N) is 1. The molecule has 2 amide bonds. The minimum atomic E-state index is -2.07. The van der Waals surface area contributed by atoms with Gasteiger partial charge >= 0.3 is 5.97 Å². The monoisotopic (exact) mass is 495 g/mol. The first-order chi connectivity index (χ1) is 15.3. The fraction of sp³-hybridized carbons (Fsp3) is 0.696. The first kappa shape index (κ1) is 26.0. The van der Waals surface area contributed by atoms with Crippen LogP contribution in [-0.4, -0.2) is 73.1 Å². The first-order valence-corrected chi connectivity index (χ1v) is 15.3. The van der Waals surface area contributed by atoms with Crippen LogP contribution in [0.2, 0.25) is 18.1 Å². The Kier molecular flexibility index (Phi) is 7.53. The standard InChI is InChI=1S/C23H37N3O5SSi/c1-8-12-30-22(29)18-16(13-25-11-9-10-15(25)19(24)27)32-21-17(20(28)26(18)21)14(2)31-33(6,7)23(3,4)5/h8,14-15,17,21H,1,9-13H2,2-7H3,(H2,24,27)/t14-,15+,17+,21-/m1/s1. The lowest BCUT2D eigenvalue weighted by Gasteiger charge is -2.48. The van der Waals surface area contributed by atoms with E-state index in [1.54, 1.807) is 4.90 Å². The molecule has 0 aromatic heterocycles. The lowest BCUT2D eigenvalue weighted by Crippen LogP contribution is -2.62.